The molecule has 3 nitrogen and oxygen atoms in total. The summed E-state index contributed by atoms with van der Waals surface area (Å²) in [6.45, 7) is 3.42. The lowest BCUT2D eigenvalue weighted by atomic mass is 10.0. The summed E-state index contributed by atoms with van der Waals surface area (Å²) < 4.78 is 13.7. The monoisotopic (exact) mass is 284 g/mol. The molecule has 1 aliphatic rings. The number of halogens is 1. The maximum Gasteiger partial charge on any atom is 0.251 e. The Morgan fingerprint density at radius 3 is 2.76 bits per heavy atom. The zero-order chi connectivity index (χ0) is 14.8. The van der Waals surface area contributed by atoms with Crippen LogP contribution in [0.4, 0.5) is 4.39 Å². The Labute approximate surface area is 123 Å². The Morgan fingerprint density at radius 2 is 1.95 bits per heavy atom. The van der Waals surface area contributed by atoms with E-state index in [9.17, 15) is 9.18 Å². The van der Waals surface area contributed by atoms with Crippen LogP contribution in [0.3, 0.4) is 0 Å². The predicted molar refractivity (Wildman–Crippen MR) is 79.3 cm³/mol. The van der Waals surface area contributed by atoms with Gasteiger partial charge in [-0.3, -0.25) is 4.79 Å². The molecule has 0 spiro atoms. The van der Waals surface area contributed by atoms with Gasteiger partial charge in [-0.2, -0.15) is 0 Å². The van der Waals surface area contributed by atoms with E-state index < -0.39 is 0 Å². The highest BCUT2D eigenvalue weighted by Crippen LogP contribution is 2.19. The van der Waals surface area contributed by atoms with Gasteiger partial charge in [0.05, 0.1) is 6.04 Å². The molecular weight excluding hydrogens is 267 g/mol. The fourth-order valence-electron chi connectivity index (χ4n) is 2.62. The SMILES string of the molecule is C[C@@H](NC(=O)c1ccc2c(c1)CNC2)c1ccccc1F. The molecule has 4 heteroatoms. The van der Waals surface area contributed by atoms with Gasteiger partial charge in [0, 0.05) is 24.2 Å². The van der Waals surface area contributed by atoms with Gasteiger partial charge in [-0.15, -0.1) is 0 Å². The lowest BCUT2D eigenvalue weighted by molar-refractivity contribution is 0.0939. The van der Waals surface area contributed by atoms with Crippen molar-refractivity contribution in [3.63, 3.8) is 0 Å². The van der Waals surface area contributed by atoms with Gasteiger partial charge in [0.1, 0.15) is 5.82 Å². The summed E-state index contributed by atoms with van der Waals surface area (Å²) in [5.41, 5.74) is 3.49. The number of hydrogen-bond acceptors (Lipinski definition) is 2. The van der Waals surface area contributed by atoms with Crippen LogP contribution in [-0.4, -0.2) is 5.91 Å². The highest BCUT2D eigenvalue weighted by molar-refractivity contribution is 5.94. The Hall–Kier alpha value is -2.20. The van der Waals surface area contributed by atoms with E-state index in [-0.39, 0.29) is 17.8 Å². The smallest absolute Gasteiger partial charge is 0.251 e. The molecule has 0 fully saturated rings. The molecule has 0 bridgehead atoms. The van der Waals surface area contributed by atoms with Crippen LogP contribution in [0.2, 0.25) is 0 Å². The van der Waals surface area contributed by atoms with Gasteiger partial charge in [0.15, 0.2) is 0 Å². The summed E-state index contributed by atoms with van der Waals surface area (Å²) in [6, 6.07) is 11.8. The molecule has 2 N–H and O–H groups in total. The number of benzene rings is 2. The topological polar surface area (TPSA) is 41.1 Å². The lowest BCUT2D eigenvalue weighted by Gasteiger charge is -2.15. The quantitative estimate of drug-likeness (QED) is 0.910. The van der Waals surface area contributed by atoms with Crippen molar-refractivity contribution in [2.45, 2.75) is 26.1 Å². The van der Waals surface area contributed by atoms with Crippen molar-refractivity contribution in [2.24, 2.45) is 0 Å². The summed E-state index contributed by atoms with van der Waals surface area (Å²) in [4.78, 5) is 12.3. The molecule has 0 aromatic heterocycles. The third-order valence-electron chi connectivity index (χ3n) is 3.82. The second-order valence-corrected chi connectivity index (χ2v) is 5.30. The standard InChI is InChI=1S/C17H17FN2O/c1-11(15-4-2-3-5-16(15)18)20-17(21)12-6-7-13-9-19-10-14(13)8-12/h2-8,11,19H,9-10H2,1H3,(H,20,21)/t11-/m1/s1. The number of carbonyl (C=O) groups excluding carboxylic acids is 1. The second-order valence-electron chi connectivity index (χ2n) is 5.30. The van der Waals surface area contributed by atoms with E-state index in [1.165, 1.54) is 11.6 Å². The molecule has 0 radical (unpaired) electrons. The highest BCUT2D eigenvalue weighted by atomic mass is 19.1. The van der Waals surface area contributed by atoms with Crippen LogP contribution in [0.5, 0.6) is 0 Å². The van der Waals surface area contributed by atoms with Gasteiger partial charge in [0.25, 0.3) is 5.91 Å². The van der Waals surface area contributed by atoms with Crippen LogP contribution in [-0.2, 0) is 13.1 Å². The van der Waals surface area contributed by atoms with E-state index >= 15 is 0 Å². The van der Waals surface area contributed by atoms with Crippen molar-refractivity contribution in [2.75, 3.05) is 0 Å². The maximum atomic E-state index is 13.7. The van der Waals surface area contributed by atoms with E-state index in [1.54, 1.807) is 25.1 Å². The van der Waals surface area contributed by atoms with E-state index in [1.807, 2.05) is 18.2 Å². The van der Waals surface area contributed by atoms with Crippen LogP contribution in [0.15, 0.2) is 42.5 Å². The summed E-state index contributed by atoms with van der Waals surface area (Å²) in [7, 11) is 0. The molecule has 1 amide bonds. The number of rotatable bonds is 3. The molecule has 1 aliphatic heterocycles. The molecule has 1 atom stereocenters. The molecule has 2 aromatic rings. The Bertz CT molecular complexity index is 684. The van der Waals surface area contributed by atoms with Crippen LogP contribution < -0.4 is 10.6 Å². The van der Waals surface area contributed by atoms with Crippen molar-refractivity contribution < 1.29 is 9.18 Å². The highest BCUT2D eigenvalue weighted by Gasteiger charge is 2.16. The lowest BCUT2D eigenvalue weighted by Crippen LogP contribution is -2.27. The van der Waals surface area contributed by atoms with E-state index in [4.69, 9.17) is 0 Å². The van der Waals surface area contributed by atoms with Crippen LogP contribution in [0, 0.1) is 5.82 Å². The van der Waals surface area contributed by atoms with E-state index in [2.05, 4.69) is 10.6 Å². The number of fused-ring (bicyclic) bond motifs is 1. The number of amides is 1. The fraction of sp³-hybridized carbons (Fsp3) is 0.235. The molecule has 21 heavy (non-hydrogen) atoms. The molecule has 1 heterocycles. The molecule has 0 saturated carbocycles. The third kappa shape index (κ3) is 2.81. The first kappa shape index (κ1) is 13.8. The number of nitrogens with one attached hydrogen (secondary N) is 2. The second kappa shape index (κ2) is 5.66. The molecular formula is C17H17FN2O. The van der Waals surface area contributed by atoms with Gasteiger partial charge in [0.2, 0.25) is 0 Å². The summed E-state index contributed by atoms with van der Waals surface area (Å²) in [5, 5.41) is 6.09. The van der Waals surface area contributed by atoms with Crippen molar-refractivity contribution in [1.29, 1.82) is 0 Å². The molecule has 108 valence electrons. The zero-order valence-electron chi connectivity index (χ0n) is 11.8. The van der Waals surface area contributed by atoms with Gasteiger partial charge >= 0.3 is 0 Å². The first-order chi connectivity index (χ1) is 10.1. The minimum absolute atomic E-state index is 0.180. The zero-order valence-corrected chi connectivity index (χ0v) is 11.8. The maximum absolute atomic E-state index is 13.7. The first-order valence-electron chi connectivity index (χ1n) is 7.03. The number of carbonyl (C=O) groups is 1. The minimum atomic E-state index is -0.370. The van der Waals surface area contributed by atoms with Gasteiger partial charge in [-0.1, -0.05) is 24.3 Å². The average molecular weight is 284 g/mol. The fourth-order valence-corrected chi connectivity index (χ4v) is 2.62. The van der Waals surface area contributed by atoms with Gasteiger partial charge in [-0.05, 0) is 36.2 Å². The normalized spacial score (nSPS) is 14.6. The summed E-state index contributed by atoms with van der Waals surface area (Å²) in [5.74, 6) is -0.482. The summed E-state index contributed by atoms with van der Waals surface area (Å²) >= 11 is 0. The third-order valence-corrected chi connectivity index (χ3v) is 3.82. The molecule has 2 aromatic carbocycles. The largest absolute Gasteiger partial charge is 0.345 e. The molecule has 3 rings (SSSR count). The first-order valence-corrected chi connectivity index (χ1v) is 7.03. The van der Waals surface area contributed by atoms with Crippen molar-refractivity contribution in [3.05, 3.63) is 70.5 Å². The van der Waals surface area contributed by atoms with Gasteiger partial charge in [-0.25, -0.2) is 4.39 Å². The molecule has 0 unspecified atom stereocenters. The molecule has 0 aliphatic carbocycles. The van der Waals surface area contributed by atoms with Crippen LogP contribution in [0.1, 0.15) is 40.0 Å². The Kier molecular flexibility index (Phi) is 3.71. The van der Waals surface area contributed by atoms with Gasteiger partial charge < -0.3 is 10.6 Å². The Balaban J connectivity index is 1.76. The van der Waals surface area contributed by atoms with E-state index in [0.717, 1.165) is 18.7 Å². The average Bonchev–Trinajstić information content (AvgIpc) is 2.94. The van der Waals surface area contributed by atoms with Crippen molar-refractivity contribution in [1.82, 2.24) is 10.6 Å². The van der Waals surface area contributed by atoms with Crippen molar-refractivity contribution in [3.8, 4) is 0 Å². The van der Waals surface area contributed by atoms with Crippen LogP contribution in [0.25, 0.3) is 0 Å². The summed E-state index contributed by atoms with van der Waals surface area (Å²) in [6.07, 6.45) is 0. The Morgan fingerprint density at radius 1 is 1.19 bits per heavy atom. The van der Waals surface area contributed by atoms with Crippen LogP contribution >= 0.6 is 0 Å². The van der Waals surface area contributed by atoms with E-state index in [0.29, 0.717) is 11.1 Å². The number of hydrogen-bond donors (Lipinski definition) is 2. The minimum Gasteiger partial charge on any atom is -0.345 e. The van der Waals surface area contributed by atoms with Crippen molar-refractivity contribution >= 4 is 5.91 Å². The predicted octanol–water partition coefficient (Wildman–Crippen LogP) is 2.92. The molecule has 0 saturated heterocycles.